The van der Waals surface area contributed by atoms with Gasteiger partial charge in [-0.15, -0.1) is 0 Å². The molecule has 3 rings (SSSR count). The standard InChI is InChI=1S/C20H28ClN3O3/c1-23(2)13-12-22-18(25)17-14-27-20(10-4-3-5-11-20)24(17)19(26)15-6-8-16(21)9-7-15/h6-9,17H,3-5,10-14H2,1-2H3,(H,22,25)/p+1/t17-/m1/s1. The molecule has 1 aromatic carbocycles. The Hall–Kier alpha value is -1.63. The van der Waals surface area contributed by atoms with E-state index in [4.69, 9.17) is 16.3 Å². The van der Waals surface area contributed by atoms with E-state index in [1.807, 2.05) is 14.1 Å². The number of hydrogen-bond donors (Lipinski definition) is 2. The molecule has 27 heavy (non-hydrogen) atoms. The van der Waals surface area contributed by atoms with E-state index in [0.717, 1.165) is 38.6 Å². The van der Waals surface area contributed by atoms with Gasteiger partial charge in [0.1, 0.15) is 11.8 Å². The Bertz CT molecular complexity index is 672. The SMILES string of the molecule is C[NH+](C)CCNC(=O)[C@H]1COC2(CCCCC2)N1C(=O)c1ccc(Cl)cc1. The maximum Gasteiger partial charge on any atom is 0.256 e. The molecule has 1 heterocycles. The Morgan fingerprint density at radius 3 is 2.52 bits per heavy atom. The van der Waals surface area contributed by atoms with Crippen molar-refractivity contribution in [1.82, 2.24) is 10.2 Å². The van der Waals surface area contributed by atoms with Gasteiger partial charge < -0.3 is 15.0 Å². The summed E-state index contributed by atoms with van der Waals surface area (Å²) in [6.45, 7) is 1.66. The predicted octanol–water partition coefficient (Wildman–Crippen LogP) is 1.10. The molecule has 0 unspecified atom stereocenters. The highest BCUT2D eigenvalue weighted by molar-refractivity contribution is 6.30. The van der Waals surface area contributed by atoms with Gasteiger partial charge in [-0.3, -0.25) is 14.5 Å². The van der Waals surface area contributed by atoms with Crippen molar-refractivity contribution >= 4 is 23.4 Å². The fourth-order valence-electron chi connectivity index (χ4n) is 3.96. The lowest BCUT2D eigenvalue weighted by Gasteiger charge is -2.41. The Morgan fingerprint density at radius 2 is 1.89 bits per heavy atom. The fourth-order valence-corrected chi connectivity index (χ4v) is 4.08. The van der Waals surface area contributed by atoms with Gasteiger partial charge in [-0.25, -0.2) is 0 Å². The molecular formula is C20H29ClN3O3+. The maximum absolute atomic E-state index is 13.3. The van der Waals surface area contributed by atoms with Gasteiger partial charge in [0.05, 0.1) is 33.8 Å². The van der Waals surface area contributed by atoms with E-state index in [1.165, 1.54) is 4.90 Å². The second-order valence-electron chi connectivity index (χ2n) is 7.76. The van der Waals surface area contributed by atoms with Gasteiger partial charge in [0, 0.05) is 10.6 Å². The van der Waals surface area contributed by atoms with Crippen LogP contribution in [0.1, 0.15) is 42.5 Å². The number of nitrogens with zero attached hydrogens (tertiary/aromatic N) is 1. The summed E-state index contributed by atoms with van der Waals surface area (Å²) >= 11 is 5.96. The van der Waals surface area contributed by atoms with Gasteiger partial charge in [-0.1, -0.05) is 18.0 Å². The molecular weight excluding hydrogens is 366 g/mol. The van der Waals surface area contributed by atoms with Crippen LogP contribution in [-0.2, 0) is 9.53 Å². The van der Waals surface area contributed by atoms with Crippen LogP contribution in [0, 0.1) is 0 Å². The van der Waals surface area contributed by atoms with E-state index in [-0.39, 0.29) is 18.4 Å². The largest absolute Gasteiger partial charge is 0.353 e. The van der Waals surface area contributed by atoms with Gasteiger partial charge in [0.2, 0.25) is 5.91 Å². The van der Waals surface area contributed by atoms with Gasteiger partial charge in [0.15, 0.2) is 0 Å². The van der Waals surface area contributed by atoms with Crippen molar-refractivity contribution in [1.29, 1.82) is 0 Å². The highest BCUT2D eigenvalue weighted by Gasteiger charge is 2.52. The van der Waals surface area contributed by atoms with E-state index in [1.54, 1.807) is 29.2 Å². The quantitative estimate of drug-likeness (QED) is 0.786. The number of hydrogen-bond acceptors (Lipinski definition) is 3. The minimum atomic E-state index is -0.663. The average Bonchev–Trinajstić information content (AvgIpc) is 3.00. The zero-order chi connectivity index (χ0) is 19.4. The lowest BCUT2D eigenvalue weighted by Crippen LogP contribution is -3.06. The van der Waals surface area contributed by atoms with Crippen LogP contribution in [0.3, 0.4) is 0 Å². The molecule has 2 amide bonds. The smallest absolute Gasteiger partial charge is 0.256 e. The van der Waals surface area contributed by atoms with Crippen LogP contribution in [0.5, 0.6) is 0 Å². The molecule has 7 heteroatoms. The van der Waals surface area contributed by atoms with Crippen molar-refractivity contribution in [3.8, 4) is 0 Å². The number of ether oxygens (including phenoxy) is 1. The third kappa shape index (κ3) is 4.45. The van der Waals surface area contributed by atoms with Crippen LogP contribution in [0.25, 0.3) is 0 Å². The second kappa shape index (κ2) is 8.59. The highest BCUT2D eigenvalue weighted by atomic mass is 35.5. The normalized spacial score (nSPS) is 21.6. The summed E-state index contributed by atoms with van der Waals surface area (Å²) in [4.78, 5) is 29.1. The molecule has 0 bridgehead atoms. The lowest BCUT2D eigenvalue weighted by molar-refractivity contribution is -0.856. The monoisotopic (exact) mass is 394 g/mol. The summed E-state index contributed by atoms with van der Waals surface area (Å²) in [6.07, 6.45) is 4.69. The van der Waals surface area contributed by atoms with E-state index < -0.39 is 11.8 Å². The summed E-state index contributed by atoms with van der Waals surface area (Å²) in [6, 6.07) is 6.24. The Kier molecular flexibility index (Phi) is 6.40. The second-order valence-corrected chi connectivity index (χ2v) is 8.20. The maximum atomic E-state index is 13.3. The zero-order valence-electron chi connectivity index (χ0n) is 16.1. The van der Waals surface area contributed by atoms with Crippen molar-refractivity contribution in [2.45, 2.75) is 43.9 Å². The van der Waals surface area contributed by atoms with Crippen molar-refractivity contribution in [2.24, 2.45) is 0 Å². The number of halogens is 1. The van der Waals surface area contributed by atoms with Crippen LogP contribution in [0.4, 0.5) is 0 Å². The van der Waals surface area contributed by atoms with Crippen LogP contribution in [-0.4, -0.2) is 62.3 Å². The molecule has 1 saturated carbocycles. The third-order valence-corrected chi connectivity index (χ3v) is 5.68. The topological polar surface area (TPSA) is 63.1 Å². The number of likely N-dealkylation sites (N-methyl/N-ethyl adjacent to an activating group) is 1. The molecule has 0 radical (unpaired) electrons. The van der Waals surface area contributed by atoms with Crippen molar-refractivity contribution in [3.05, 3.63) is 34.9 Å². The molecule has 1 spiro atoms. The molecule has 2 aliphatic rings. The number of quaternary nitrogens is 1. The molecule has 1 aliphatic heterocycles. The summed E-state index contributed by atoms with van der Waals surface area (Å²) in [5.74, 6) is -0.300. The van der Waals surface area contributed by atoms with E-state index >= 15 is 0 Å². The Labute approximate surface area is 165 Å². The summed E-state index contributed by atoms with van der Waals surface area (Å²) in [5, 5.41) is 3.55. The third-order valence-electron chi connectivity index (χ3n) is 5.43. The number of carbonyl (C=O) groups excluding carboxylic acids is 2. The molecule has 1 aliphatic carbocycles. The van der Waals surface area contributed by atoms with Crippen molar-refractivity contribution in [2.75, 3.05) is 33.8 Å². The molecule has 1 saturated heterocycles. The molecule has 1 aromatic rings. The Balaban J connectivity index is 1.83. The van der Waals surface area contributed by atoms with E-state index in [0.29, 0.717) is 17.1 Å². The van der Waals surface area contributed by atoms with Crippen LogP contribution in [0.2, 0.25) is 5.02 Å². The van der Waals surface area contributed by atoms with Gasteiger partial charge in [-0.05, 0) is 49.9 Å². The highest BCUT2D eigenvalue weighted by Crippen LogP contribution is 2.41. The fraction of sp³-hybridized carbons (Fsp3) is 0.600. The first kappa shape index (κ1) is 20.1. The first-order valence-electron chi connectivity index (χ1n) is 9.73. The number of amides is 2. The first-order chi connectivity index (χ1) is 12.9. The number of benzene rings is 1. The van der Waals surface area contributed by atoms with Crippen LogP contribution in [0.15, 0.2) is 24.3 Å². The van der Waals surface area contributed by atoms with Crippen molar-refractivity contribution in [3.63, 3.8) is 0 Å². The van der Waals surface area contributed by atoms with Gasteiger partial charge in [-0.2, -0.15) is 0 Å². The predicted molar refractivity (Wildman–Crippen MR) is 104 cm³/mol. The van der Waals surface area contributed by atoms with Crippen molar-refractivity contribution < 1.29 is 19.2 Å². The molecule has 2 N–H and O–H groups in total. The zero-order valence-corrected chi connectivity index (χ0v) is 16.8. The van der Waals surface area contributed by atoms with Gasteiger partial charge in [0.25, 0.3) is 5.91 Å². The molecule has 148 valence electrons. The summed E-state index contributed by atoms with van der Waals surface area (Å²) in [5.41, 5.74) is -0.130. The van der Waals surface area contributed by atoms with Crippen LogP contribution >= 0.6 is 11.6 Å². The van der Waals surface area contributed by atoms with Gasteiger partial charge >= 0.3 is 0 Å². The number of rotatable bonds is 5. The molecule has 2 fully saturated rings. The molecule has 6 nitrogen and oxygen atoms in total. The van der Waals surface area contributed by atoms with E-state index in [9.17, 15) is 9.59 Å². The number of carbonyl (C=O) groups is 2. The lowest BCUT2D eigenvalue weighted by atomic mass is 9.89. The molecule has 0 aromatic heterocycles. The minimum Gasteiger partial charge on any atom is -0.353 e. The Morgan fingerprint density at radius 1 is 1.22 bits per heavy atom. The first-order valence-corrected chi connectivity index (χ1v) is 10.1. The average molecular weight is 395 g/mol. The van der Waals surface area contributed by atoms with E-state index in [2.05, 4.69) is 5.32 Å². The molecule has 1 atom stereocenters. The minimum absolute atomic E-state index is 0.138. The van der Waals surface area contributed by atoms with Crippen LogP contribution < -0.4 is 10.2 Å². The summed E-state index contributed by atoms with van der Waals surface area (Å²) in [7, 11) is 4.08. The summed E-state index contributed by atoms with van der Waals surface area (Å²) < 4.78 is 6.13. The number of nitrogens with one attached hydrogen (secondary N) is 2.